The molecule has 0 saturated heterocycles. The topological polar surface area (TPSA) is 61.2 Å². The molecule has 1 rings (SSSR count). The highest BCUT2D eigenvalue weighted by atomic mass is 32.2. The zero-order chi connectivity index (χ0) is 15.4. The lowest BCUT2D eigenvalue weighted by atomic mass is 10.2. The highest BCUT2D eigenvalue weighted by Crippen LogP contribution is 2.23. The van der Waals surface area contributed by atoms with E-state index in [4.69, 9.17) is 5.26 Å². The van der Waals surface area contributed by atoms with E-state index in [2.05, 4.69) is 0 Å². The summed E-state index contributed by atoms with van der Waals surface area (Å²) in [5, 5.41) is 8.62. The molecule has 0 aromatic heterocycles. The second-order valence-corrected chi connectivity index (χ2v) is 6.03. The molecule has 20 heavy (non-hydrogen) atoms. The molecule has 0 atom stereocenters. The highest BCUT2D eigenvalue weighted by molar-refractivity contribution is 7.89. The largest absolute Gasteiger partial charge is 0.402 e. The first kappa shape index (κ1) is 16.5. The molecule has 0 bridgehead atoms. The number of benzene rings is 1. The summed E-state index contributed by atoms with van der Waals surface area (Å²) in [6.45, 7) is -0.150. The molecule has 110 valence electrons. The first-order chi connectivity index (χ1) is 9.20. The lowest BCUT2D eigenvalue weighted by molar-refractivity contribution is -0.136. The molecule has 0 aliphatic carbocycles. The van der Waals surface area contributed by atoms with E-state index >= 15 is 0 Å². The van der Waals surface area contributed by atoms with Gasteiger partial charge in [0, 0.05) is 6.54 Å². The van der Waals surface area contributed by atoms with Crippen LogP contribution in [0, 0.1) is 11.3 Å². The number of sulfonamides is 1. The minimum Gasteiger partial charge on any atom is -0.207 e. The van der Waals surface area contributed by atoms with Gasteiger partial charge in [0.15, 0.2) is 0 Å². The van der Waals surface area contributed by atoms with Crippen LogP contribution in [0.1, 0.15) is 18.9 Å². The molecular formula is C12H13F3N2O2S. The quantitative estimate of drug-likeness (QED) is 0.840. The van der Waals surface area contributed by atoms with Crippen LogP contribution in [0.5, 0.6) is 0 Å². The molecule has 0 aliphatic rings. The van der Waals surface area contributed by atoms with Gasteiger partial charge in [0.05, 0.1) is 16.5 Å². The molecule has 0 amide bonds. The van der Waals surface area contributed by atoms with Crippen LogP contribution in [0.4, 0.5) is 13.2 Å². The molecule has 0 aliphatic heterocycles. The number of nitriles is 1. The Balaban J connectivity index is 3.12. The van der Waals surface area contributed by atoms with E-state index < -0.39 is 22.7 Å². The average molecular weight is 306 g/mol. The summed E-state index contributed by atoms with van der Waals surface area (Å²) in [5.74, 6) is 0. The lowest BCUT2D eigenvalue weighted by Gasteiger charge is -2.22. The van der Waals surface area contributed by atoms with Crippen molar-refractivity contribution >= 4 is 10.0 Å². The first-order valence-electron chi connectivity index (χ1n) is 5.78. The van der Waals surface area contributed by atoms with Gasteiger partial charge >= 0.3 is 6.18 Å². The summed E-state index contributed by atoms with van der Waals surface area (Å²) in [7, 11) is -4.22. The van der Waals surface area contributed by atoms with Crippen LogP contribution in [0.3, 0.4) is 0 Å². The van der Waals surface area contributed by atoms with Gasteiger partial charge in [-0.15, -0.1) is 0 Å². The van der Waals surface area contributed by atoms with Gasteiger partial charge in [0.2, 0.25) is 10.0 Å². The van der Waals surface area contributed by atoms with Crippen LogP contribution < -0.4 is 0 Å². The van der Waals surface area contributed by atoms with Crippen molar-refractivity contribution in [1.29, 1.82) is 5.26 Å². The van der Waals surface area contributed by atoms with Crippen LogP contribution in [-0.4, -0.2) is 32.0 Å². The number of rotatable bonds is 5. The maximum Gasteiger partial charge on any atom is 0.402 e. The summed E-state index contributed by atoms with van der Waals surface area (Å²) in [6, 6.07) is 6.58. The van der Waals surface area contributed by atoms with Crippen LogP contribution in [0.15, 0.2) is 29.2 Å². The van der Waals surface area contributed by atoms with Crippen molar-refractivity contribution in [2.45, 2.75) is 24.4 Å². The second-order valence-electron chi connectivity index (χ2n) is 4.09. The van der Waals surface area contributed by atoms with Gasteiger partial charge in [-0.2, -0.15) is 22.7 Å². The van der Waals surface area contributed by atoms with E-state index in [-0.39, 0.29) is 23.4 Å². The smallest absolute Gasteiger partial charge is 0.207 e. The van der Waals surface area contributed by atoms with Crippen molar-refractivity contribution in [1.82, 2.24) is 4.31 Å². The van der Waals surface area contributed by atoms with E-state index in [0.29, 0.717) is 4.31 Å². The molecule has 0 fully saturated rings. The molecule has 1 aromatic carbocycles. The average Bonchev–Trinajstić information content (AvgIpc) is 2.37. The molecule has 0 heterocycles. The number of hydrogen-bond donors (Lipinski definition) is 0. The minimum atomic E-state index is -4.60. The highest BCUT2D eigenvalue weighted by Gasteiger charge is 2.36. The molecular weight excluding hydrogens is 293 g/mol. The van der Waals surface area contributed by atoms with Crippen LogP contribution in [-0.2, 0) is 10.0 Å². The summed E-state index contributed by atoms with van der Waals surface area (Å²) < 4.78 is 62.0. The summed E-state index contributed by atoms with van der Waals surface area (Å²) in [6.07, 6.45) is -4.33. The van der Waals surface area contributed by atoms with Gasteiger partial charge in [-0.1, -0.05) is 6.92 Å². The van der Waals surface area contributed by atoms with Crippen LogP contribution >= 0.6 is 0 Å². The Morgan fingerprint density at radius 2 is 1.80 bits per heavy atom. The Morgan fingerprint density at radius 1 is 1.25 bits per heavy atom. The zero-order valence-electron chi connectivity index (χ0n) is 10.7. The Labute approximate surface area is 115 Å². The molecule has 0 unspecified atom stereocenters. The van der Waals surface area contributed by atoms with E-state index in [1.54, 1.807) is 6.92 Å². The molecule has 0 radical (unpaired) electrons. The third-order valence-corrected chi connectivity index (χ3v) is 4.31. The number of hydrogen-bond acceptors (Lipinski definition) is 3. The van der Waals surface area contributed by atoms with Crippen molar-refractivity contribution in [2.24, 2.45) is 0 Å². The van der Waals surface area contributed by atoms with E-state index in [1.807, 2.05) is 6.07 Å². The standard InChI is InChI=1S/C12H13F3N2O2S/c1-2-7-17(9-12(13,14)15)20(18,19)11-5-3-10(8-16)4-6-11/h3-6H,2,7,9H2,1H3. The van der Waals surface area contributed by atoms with Crippen molar-refractivity contribution in [3.05, 3.63) is 29.8 Å². The minimum absolute atomic E-state index is 0.220. The van der Waals surface area contributed by atoms with E-state index in [1.165, 1.54) is 12.1 Å². The number of nitrogens with zero attached hydrogens (tertiary/aromatic N) is 2. The van der Waals surface area contributed by atoms with Gasteiger partial charge in [-0.05, 0) is 30.7 Å². The normalized spacial score (nSPS) is 12.4. The molecule has 1 aromatic rings. The fourth-order valence-corrected chi connectivity index (χ4v) is 3.10. The molecule has 0 saturated carbocycles. The SMILES string of the molecule is CCCN(CC(F)(F)F)S(=O)(=O)c1ccc(C#N)cc1. The monoisotopic (exact) mass is 306 g/mol. The van der Waals surface area contributed by atoms with Gasteiger partial charge in [-0.25, -0.2) is 8.42 Å². The third-order valence-electron chi connectivity index (χ3n) is 2.45. The fraction of sp³-hybridized carbons (Fsp3) is 0.417. The lowest BCUT2D eigenvalue weighted by Crippen LogP contribution is -2.39. The summed E-state index contributed by atoms with van der Waals surface area (Å²) in [4.78, 5) is -0.255. The molecule has 0 N–H and O–H groups in total. The third kappa shape index (κ3) is 4.21. The zero-order valence-corrected chi connectivity index (χ0v) is 11.5. The Hall–Kier alpha value is -1.59. The predicted octanol–water partition coefficient (Wildman–Crippen LogP) is 2.52. The van der Waals surface area contributed by atoms with Crippen molar-refractivity contribution in [3.8, 4) is 6.07 Å². The maximum absolute atomic E-state index is 12.4. The summed E-state index contributed by atoms with van der Waals surface area (Å²) >= 11 is 0. The van der Waals surface area contributed by atoms with E-state index in [0.717, 1.165) is 12.1 Å². The van der Waals surface area contributed by atoms with Gasteiger partial charge < -0.3 is 0 Å². The Morgan fingerprint density at radius 3 is 2.20 bits per heavy atom. The van der Waals surface area contributed by atoms with Crippen molar-refractivity contribution in [3.63, 3.8) is 0 Å². The summed E-state index contributed by atoms with van der Waals surface area (Å²) in [5.41, 5.74) is 0.238. The van der Waals surface area contributed by atoms with Gasteiger partial charge in [0.25, 0.3) is 0 Å². The Kier molecular flexibility index (Phi) is 5.14. The number of halogens is 3. The number of alkyl halides is 3. The maximum atomic E-state index is 12.4. The predicted molar refractivity (Wildman–Crippen MR) is 66.3 cm³/mol. The van der Waals surface area contributed by atoms with E-state index in [9.17, 15) is 21.6 Å². The molecule has 4 nitrogen and oxygen atoms in total. The first-order valence-corrected chi connectivity index (χ1v) is 7.22. The molecule has 0 spiro atoms. The van der Waals surface area contributed by atoms with Crippen LogP contribution in [0.25, 0.3) is 0 Å². The molecule has 8 heteroatoms. The fourth-order valence-electron chi connectivity index (χ4n) is 1.58. The van der Waals surface area contributed by atoms with Crippen molar-refractivity contribution < 1.29 is 21.6 Å². The Bertz CT molecular complexity index is 589. The van der Waals surface area contributed by atoms with Gasteiger partial charge in [0.1, 0.15) is 6.54 Å². The second kappa shape index (κ2) is 6.24. The van der Waals surface area contributed by atoms with Gasteiger partial charge in [-0.3, -0.25) is 0 Å². The van der Waals surface area contributed by atoms with Crippen molar-refractivity contribution in [2.75, 3.05) is 13.1 Å². The van der Waals surface area contributed by atoms with Crippen LogP contribution in [0.2, 0.25) is 0 Å².